The molecule has 2 atom stereocenters. The van der Waals surface area contributed by atoms with Gasteiger partial charge in [-0.1, -0.05) is 0 Å². The number of aromatic nitrogens is 3. The maximum absolute atomic E-state index is 11.8. The number of anilines is 3. The maximum atomic E-state index is 11.8. The normalized spacial score (nSPS) is 26.7. The zero-order valence-electron chi connectivity index (χ0n) is 14.3. The molecule has 4 rings (SSSR count). The van der Waals surface area contributed by atoms with Crippen molar-refractivity contribution in [3.8, 4) is 0 Å². The molecule has 25 heavy (non-hydrogen) atoms. The molecule has 3 aliphatic heterocycles. The van der Waals surface area contributed by atoms with Gasteiger partial charge in [-0.3, -0.25) is 4.79 Å². The number of carbonyl (C=O) groups is 1. The number of primary amides is 1. The van der Waals surface area contributed by atoms with Crippen LogP contribution in [0.15, 0.2) is 0 Å². The third-order valence-corrected chi connectivity index (χ3v) is 5.24. The molecule has 1 aromatic rings. The van der Waals surface area contributed by atoms with Gasteiger partial charge >= 0.3 is 0 Å². The molecule has 3 fully saturated rings. The van der Waals surface area contributed by atoms with Gasteiger partial charge in [-0.25, -0.2) is 0 Å². The SMILES string of the molecule is NC(=O)[C@@H]1C[C@H](O)CN1c1nc(N2CCCC2)nc(N2CCCC2)n1. The monoisotopic (exact) mass is 347 g/mol. The highest BCUT2D eigenvalue weighted by Crippen LogP contribution is 2.28. The Morgan fingerprint density at radius 2 is 1.40 bits per heavy atom. The molecule has 3 saturated heterocycles. The topological polar surface area (TPSA) is 112 Å². The number of rotatable bonds is 4. The van der Waals surface area contributed by atoms with Crippen LogP contribution in [0.25, 0.3) is 0 Å². The van der Waals surface area contributed by atoms with Crippen LogP contribution in [0.3, 0.4) is 0 Å². The number of hydrogen-bond acceptors (Lipinski definition) is 8. The lowest BCUT2D eigenvalue weighted by molar-refractivity contribution is -0.119. The Labute approximate surface area is 146 Å². The number of amides is 1. The summed E-state index contributed by atoms with van der Waals surface area (Å²) in [5.74, 6) is 1.31. The van der Waals surface area contributed by atoms with Crippen LogP contribution in [0.5, 0.6) is 0 Å². The molecular formula is C16H25N7O2. The Hall–Kier alpha value is -2.16. The third-order valence-electron chi connectivity index (χ3n) is 5.24. The van der Waals surface area contributed by atoms with E-state index in [9.17, 15) is 9.90 Å². The van der Waals surface area contributed by atoms with E-state index in [1.165, 1.54) is 0 Å². The Balaban J connectivity index is 1.71. The van der Waals surface area contributed by atoms with Crippen molar-refractivity contribution < 1.29 is 9.90 Å². The molecule has 0 aromatic carbocycles. The summed E-state index contributed by atoms with van der Waals surface area (Å²) in [6.07, 6.45) is 4.25. The lowest BCUT2D eigenvalue weighted by atomic mass is 10.2. The zero-order chi connectivity index (χ0) is 17.4. The van der Waals surface area contributed by atoms with Gasteiger partial charge in [0.2, 0.25) is 23.8 Å². The van der Waals surface area contributed by atoms with Gasteiger partial charge in [0.15, 0.2) is 0 Å². The first kappa shape index (κ1) is 16.3. The highest BCUT2D eigenvalue weighted by Gasteiger charge is 2.37. The van der Waals surface area contributed by atoms with Crippen molar-refractivity contribution in [3.05, 3.63) is 0 Å². The molecule has 3 aliphatic rings. The van der Waals surface area contributed by atoms with E-state index in [4.69, 9.17) is 5.73 Å². The Bertz CT molecular complexity index is 609. The van der Waals surface area contributed by atoms with E-state index >= 15 is 0 Å². The van der Waals surface area contributed by atoms with E-state index in [0.29, 0.717) is 30.8 Å². The largest absolute Gasteiger partial charge is 0.391 e. The van der Waals surface area contributed by atoms with E-state index in [-0.39, 0.29) is 0 Å². The van der Waals surface area contributed by atoms with Crippen LogP contribution in [-0.4, -0.2) is 70.8 Å². The maximum Gasteiger partial charge on any atom is 0.240 e. The van der Waals surface area contributed by atoms with Gasteiger partial charge in [0.05, 0.1) is 6.10 Å². The van der Waals surface area contributed by atoms with Gasteiger partial charge in [-0.2, -0.15) is 15.0 Å². The molecule has 0 bridgehead atoms. The molecule has 1 aromatic heterocycles. The number of aliphatic hydroxyl groups excluding tert-OH is 1. The van der Waals surface area contributed by atoms with Crippen LogP contribution >= 0.6 is 0 Å². The summed E-state index contributed by atoms with van der Waals surface area (Å²) in [5, 5.41) is 10.0. The summed E-state index contributed by atoms with van der Waals surface area (Å²) in [4.78, 5) is 31.8. The lowest BCUT2D eigenvalue weighted by Crippen LogP contribution is -2.41. The number of β-amino-alcohol motifs (C(OH)–C–C–N with tert-alkyl or cyclic N) is 1. The molecule has 0 radical (unpaired) electrons. The highest BCUT2D eigenvalue weighted by molar-refractivity contribution is 5.84. The fraction of sp³-hybridized carbons (Fsp3) is 0.750. The van der Waals surface area contributed by atoms with Crippen molar-refractivity contribution >= 4 is 23.8 Å². The van der Waals surface area contributed by atoms with Crippen LogP contribution in [0, 0.1) is 0 Å². The van der Waals surface area contributed by atoms with E-state index < -0.39 is 18.1 Å². The van der Waals surface area contributed by atoms with E-state index in [0.717, 1.165) is 51.9 Å². The van der Waals surface area contributed by atoms with Gasteiger partial charge in [0.1, 0.15) is 6.04 Å². The predicted molar refractivity (Wildman–Crippen MR) is 93.7 cm³/mol. The summed E-state index contributed by atoms with van der Waals surface area (Å²) < 4.78 is 0. The average Bonchev–Trinajstić information content (AvgIpc) is 3.35. The Morgan fingerprint density at radius 3 is 1.88 bits per heavy atom. The van der Waals surface area contributed by atoms with Crippen molar-refractivity contribution in [2.45, 2.75) is 44.2 Å². The van der Waals surface area contributed by atoms with Crippen LogP contribution in [0.2, 0.25) is 0 Å². The van der Waals surface area contributed by atoms with Crippen molar-refractivity contribution in [2.24, 2.45) is 5.73 Å². The number of nitrogens with two attached hydrogens (primary N) is 1. The Morgan fingerprint density at radius 1 is 0.920 bits per heavy atom. The van der Waals surface area contributed by atoms with Gasteiger partial charge in [0.25, 0.3) is 0 Å². The summed E-state index contributed by atoms with van der Waals surface area (Å²) in [6.45, 7) is 4.06. The average molecular weight is 347 g/mol. The van der Waals surface area contributed by atoms with Gasteiger partial charge < -0.3 is 25.5 Å². The molecule has 0 unspecified atom stereocenters. The quantitative estimate of drug-likeness (QED) is 0.749. The van der Waals surface area contributed by atoms with Crippen molar-refractivity contribution in [1.29, 1.82) is 0 Å². The van der Waals surface area contributed by atoms with Crippen LogP contribution in [-0.2, 0) is 4.79 Å². The predicted octanol–water partition coefficient (Wildman–Crippen LogP) is -0.503. The van der Waals surface area contributed by atoms with Crippen molar-refractivity contribution in [1.82, 2.24) is 15.0 Å². The number of aliphatic hydroxyl groups is 1. The van der Waals surface area contributed by atoms with E-state index in [1.807, 2.05) is 0 Å². The summed E-state index contributed by atoms with van der Waals surface area (Å²) >= 11 is 0. The molecule has 0 spiro atoms. The van der Waals surface area contributed by atoms with Gasteiger partial charge in [0, 0.05) is 39.1 Å². The summed E-state index contributed by atoms with van der Waals surface area (Å²) in [6, 6.07) is -0.574. The standard InChI is InChI=1S/C16H25N7O2/c17-13(25)12-9-11(24)10-23(12)16-19-14(21-5-1-2-6-21)18-15(20-16)22-7-3-4-8-22/h11-12,24H,1-10H2,(H2,17,25)/t11-,12-/m0/s1. The minimum Gasteiger partial charge on any atom is -0.391 e. The molecule has 4 heterocycles. The van der Waals surface area contributed by atoms with E-state index in [1.54, 1.807) is 4.90 Å². The molecule has 3 N–H and O–H groups in total. The second-order valence-corrected chi connectivity index (χ2v) is 7.08. The fourth-order valence-electron chi connectivity index (χ4n) is 3.89. The number of hydrogen-bond donors (Lipinski definition) is 2. The Kier molecular flexibility index (Phi) is 4.32. The van der Waals surface area contributed by atoms with Crippen LogP contribution in [0.4, 0.5) is 17.8 Å². The first-order valence-electron chi connectivity index (χ1n) is 9.12. The fourth-order valence-corrected chi connectivity index (χ4v) is 3.89. The first-order chi connectivity index (χ1) is 12.1. The smallest absolute Gasteiger partial charge is 0.240 e. The summed E-state index contributed by atoms with van der Waals surface area (Å²) in [5.41, 5.74) is 5.52. The highest BCUT2D eigenvalue weighted by atomic mass is 16.3. The lowest BCUT2D eigenvalue weighted by Gasteiger charge is -2.26. The molecule has 9 nitrogen and oxygen atoms in total. The second kappa shape index (κ2) is 6.62. The molecule has 0 saturated carbocycles. The van der Waals surface area contributed by atoms with Crippen molar-refractivity contribution in [2.75, 3.05) is 47.4 Å². The summed E-state index contributed by atoms with van der Waals surface area (Å²) in [7, 11) is 0. The molecule has 0 aliphatic carbocycles. The number of carbonyl (C=O) groups excluding carboxylic acids is 1. The molecule has 1 amide bonds. The van der Waals surface area contributed by atoms with Gasteiger partial charge in [-0.15, -0.1) is 0 Å². The van der Waals surface area contributed by atoms with Gasteiger partial charge in [-0.05, 0) is 25.7 Å². The molecule has 136 valence electrons. The van der Waals surface area contributed by atoms with Crippen molar-refractivity contribution in [3.63, 3.8) is 0 Å². The second-order valence-electron chi connectivity index (χ2n) is 7.08. The zero-order valence-corrected chi connectivity index (χ0v) is 14.3. The van der Waals surface area contributed by atoms with Crippen LogP contribution in [0.1, 0.15) is 32.1 Å². The van der Waals surface area contributed by atoms with E-state index in [2.05, 4.69) is 24.8 Å². The minimum atomic E-state index is -0.597. The number of nitrogens with zero attached hydrogens (tertiary/aromatic N) is 6. The molecular weight excluding hydrogens is 322 g/mol. The minimum absolute atomic E-state index is 0.316. The molecule has 9 heteroatoms. The first-order valence-corrected chi connectivity index (χ1v) is 9.12. The van der Waals surface area contributed by atoms with Crippen LogP contribution < -0.4 is 20.4 Å². The third kappa shape index (κ3) is 3.20.